The second-order valence-electron chi connectivity index (χ2n) is 7.83. The van der Waals surface area contributed by atoms with Gasteiger partial charge in [-0.05, 0) is 49.2 Å². The summed E-state index contributed by atoms with van der Waals surface area (Å²) in [4.78, 5) is 42.1. The number of hydrogen-bond donors (Lipinski definition) is 0. The molecule has 32 heavy (non-hydrogen) atoms. The number of aromatic nitrogens is 2. The zero-order valence-corrected chi connectivity index (χ0v) is 18.7. The standard InChI is InChI=1S/C24H19BrN2O5/c25-16-6-8-17-15(11-22(28)32-20(17)12-16)13-31-24(30)14-5-7-18-19(10-14)26-21-4-2-1-3-9-27(21)23(18)29/h5-8,10-12H,1-4,9,13H2. The number of hydrogen-bond acceptors (Lipinski definition) is 6. The number of nitrogens with zero attached hydrogens (tertiary/aromatic N) is 2. The monoisotopic (exact) mass is 494 g/mol. The molecule has 1 aliphatic rings. The molecular weight excluding hydrogens is 476 g/mol. The summed E-state index contributed by atoms with van der Waals surface area (Å²) in [6.07, 6.45) is 3.78. The maximum Gasteiger partial charge on any atom is 0.338 e. The lowest BCUT2D eigenvalue weighted by Gasteiger charge is -2.11. The predicted molar refractivity (Wildman–Crippen MR) is 123 cm³/mol. The van der Waals surface area contributed by atoms with Gasteiger partial charge in [0.05, 0.1) is 16.5 Å². The Balaban J connectivity index is 1.44. The number of carbonyl (C=O) groups excluding carboxylic acids is 1. The highest BCUT2D eigenvalue weighted by Gasteiger charge is 2.16. The van der Waals surface area contributed by atoms with Crippen molar-refractivity contribution < 1.29 is 13.9 Å². The van der Waals surface area contributed by atoms with Crippen molar-refractivity contribution in [3.63, 3.8) is 0 Å². The van der Waals surface area contributed by atoms with E-state index in [1.165, 1.54) is 6.07 Å². The number of esters is 1. The summed E-state index contributed by atoms with van der Waals surface area (Å²) in [6, 6.07) is 11.4. The average Bonchev–Trinajstić information content (AvgIpc) is 3.02. The fourth-order valence-electron chi connectivity index (χ4n) is 4.10. The van der Waals surface area contributed by atoms with Crippen LogP contribution in [0.25, 0.3) is 21.9 Å². The van der Waals surface area contributed by atoms with E-state index in [1.807, 2.05) is 6.07 Å². The molecule has 0 bridgehead atoms. The smallest absolute Gasteiger partial charge is 0.338 e. The number of carbonyl (C=O) groups is 1. The summed E-state index contributed by atoms with van der Waals surface area (Å²) in [5.41, 5.74) is 1.18. The molecule has 0 spiro atoms. The molecule has 4 aromatic rings. The second kappa shape index (κ2) is 8.35. The maximum absolute atomic E-state index is 12.9. The summed E-state index contributed by atoms with van der Waals surface area (Å²) in [5, 5.41) is 1.18. The highest BCUT2D eigenvalue weighted by molar-refractivity contribution is 9.10. The molecule has 2 aromatic carbocycles. The topological polar surface area (TPSA) is 91.4 Å². The van der Waals surface area contributed by atoms with Gasteiger partial charge in [0, 0.05) is 34.5 Å². The van der Waals surface area contributed by atoms with E-state index in [-0.39, 0.29) is 12.2 Å². The first-order valence-corrected chi connectivity index (χ1v) is 11.2. The maximum atomic E-state index is 12.9. The zero-order chi connectivity index (χ0) is 22.2. The Morgan fingerprint density at radius 3 is 2.78 bits per heavy atom. The van der Waals surface area contributed by atoms with E-state index in [9.17, 15) is 14.4 Å². The molecule has 0 saturated heterocycles. The SMILES string of the molecule is O=C(OCc1cc(=O)oc2cc(Br)ccc12)c1ccc2c(=O)n3c(nc2c1)CCCCC3. The van der Waals surface area contributed by atoms with E-state index in [2.05, 4.69) is 20.9 Å². The van der Waals surface area contributed by atoms with Crippen LogP contribution in [0.1, 0.15) is 41.0 Å². The molecule has 0 atom stereocenters. The van der Waals surface area contributed by atoms with Crippen LogP contribution in [-0.4, -0.2) is 15.5 Å². The van der Waals surface area contributed by atoms with Crippen LogP contribution in [0.2, 0.25) is 0 Å². The third-order valence-electron chi connectivity index (χ3n) is 5.70. The molecule has 0 amide bonds. The van der Waals surface area contributed by atoms with Crippen molar-refractivity contribution in [3.8, 4) is 0 Å². The predicted octanol–water partition coefficient (Wildman–Crippen LogP) is 4.35. The van der Waals surface area contributed by atoms with Crippen LogP contribution in [0.4, 0.5) is 0 Å². The molecule has 5 rings (SSSR count). The summed E-state index contributed by atoms with van der Waals surface area (Å²) in [6.45, 7) is 0.595. The molecule has 0 unspecified atom stereocenters. The van der Waals surface area contributed by atoms with Gasteiger partial charge in [-0.25, -0.2) is 14.6 Å². The number of benzene rings is 2. The number of halogens is 1. The number of ether oxygens (including phenoxy) is 1. The summed E-state index contributed by atoms with van der Waals surface area (Å²) < 4.78 is 13.2. The molecule has 1 aliphatic heterocycles. The normalized spacial score (nSPS) is 13.7. The number of aryl methyl sites for hydroxylation is 1. The fourth-order valence-corrected chi connectivity index (χ4v) is 4.44. The van der Waals surface area contributed by atoms with E-state index in [0.29, 0.717) is 39.5 Å². The lowest BCUT2D eigenvalue weighted by atomic mass is 10.1. The highest BCUT2D eigenvalue weighted by Crippen LogP contribution is 2.23. The molecular formula is C24H19BrN2O5. The molecule has 2 aromatic heterocycles. The van der Waals surface area contributed by atoms with Gasteiger partial charge in [-0.2, -0.15) is 0 Å². The van der Waals surface area contributed by atoms with Gasteiger partial charge in [-0.15, -0.1) is 0 Å². The molecule has 7 nitrogen and oxygen atoms in total. The lowest BCUT2D eigenvalue weighted by Crippen LogP contribution is -2.24. The van der Waals surface area contributed by atoms with Crippen molar-refractivity contribution in [3.05, 3.63) is 84.7 Å². The van der Waals surface area contributed by atoms with Gasteiger partial charge in [-0.3, -0.25) is 9.36 Å². The minimum absolute atomic E-state index is 0.0690. The Labute approximate surface area is 190 Å². The van der Waals surface area contributed by atoms with Gasteiger partial charge < -0.3 is 9.15 Å². The molecule has 0 fully saturated rings. The first-order valence-electron chi connectivity index (χ1n) is 10.4. The quantitative estimate of drug-likeness (QED) is 0.310. The molecule has 0 saturated carbocycles. The Bertz CT molecular complexity index is 1490. The Kier molecular flexibility index (Phi) is 5.38. The molecule has 8 heteroatoms. The van der Waals surface area contributed by atoms with Gasteiger partial charge in [0.25, 0.3) is 5.56 Å². The van der Waals surface area contributed by atoms with E-state index in [1.54, 1.807) is 34.9 Å². The van der Waals surface area contributed by atoms with E-state index in [0.717, 1.165) is 36.0 Å². The number of rotatable bonds is 3. The van der Waals surface area contributed by atoms with Crippen LogP contribution < -0.4 is 11.2 Å². The van der Waals surface area contributed by atoms with Crippen LogP contribution in [0, 0.1) is 0 Å². The van der Waals surface area contributed by atoms with Gasteiger partial charge in [-0.1, -0.05) is 22.4 Å². The van der Waals surface area contributed by atoms with E-state index in [4.69, 9.17) is 9.15 Å². The van der Waals surface area contributed by atoms with Crippen LogP contribution >= 0.6 is 15.9 Å². The summed E-state index contributed by atoms with van der Waals surface area (Å²) in [7, 11) is 0. The van der Waals surface area contributed by atoms with Gasteiger partial charge in [0.15, 0.2) is 0 Å². The van der Waals surface area contributed by atoms with Crippen LogP contribution in [0.15, 0.2) is 60.9 Å². The van der Waals surface area contributed by atoms with E-state index < -0.39 is 11.6 Å². The summed E-state index contributed by atoms with van der Waals surface area (Å²) in [5.74, 6) is 0.210. The fraction of sp³-hybridized carbons (Fsp3) is 0.250. The van der Waals surface area contributed by atoms with Crippen molar-refractivity contribution in [2.45, 2.75) is 38.8 Å². The highest BCUT2D eigenvalue weighted by atomic mass is 79.9. The van der Waals surface area contributed by atoms with Crippen molar-refractivity contribution in [2.24, 2.45) is 0 Å². The average molecular weight is 495 g/mol. The van der Waals surface area contributed by atoms with Crippen molar-refractivity contribution in [1.29, 1.82) is 0 Å². The molecule has 162 valence electrons. The molecule has 0 aliphatic carbocycles. The Hall–Kier alpha value is -3.26. The minimum atomic E-state index is -0.553. The second-order valence-corrected chi connectivity index (χ2v) is 8.75. The zero-order valence-electron chi connectivity index (χ0n) is 17.1. The number of fused-ring (bicyclic) bond motifs is 3. The van der Waals surface area contributed by atoms with Crippen LogP contribution in [0.3, 0.4) is 0 Å². The van der Waals surface area contributed by atoms with Crippen molar-refractivity contribution in [2.75, 3.05) is 0 Å². The largest absolute Gasteiger partial charge is 0.457 e. The Morgan fingerprint density at radius 1 is 1.06 bits per heavy atom. The Morgan fingerprint density at radius 2 is 1.91 bits per heavy atom. The van der Waals surface area contributed by atoms with E-state index >= 15 is 0 Å². The van der Waals surface area contributed by atoms with Crippen LogP contribution in [0.5, 0.6) is 0 Å². The molecule has 3 heterocycles. The lowest BCUT2D eigenvalue weighted by molar-refractivity contribution is 0.0474. The van der Waals surface area contributed by atoms with Crippen molar-refractivity contribution >= 4 is 43.8 Å². The summed E-state index contributed by atoms with van der Waals surface area (Å²) >= 11 is 3.35. The van der Waals surface area contributed by atoms with Crippen molar-refractivity contribution in [1.82, 2.24) is 9.55 Å². The minimum Gasteiger partial charge on any atom is -0.457 e. The van der Waals surface area contributed by atoms with Gasteiger partial charge in [0.1, 0.15) is 18.0 Å². The first-order chi connectivity index (χ1) is 15.5. The third kappa shape index (κ3) is 3.86. The van der Waals surface area contributed by atoms with Gasteiger partial charge >= 0.3 is 11.6 Å². The third-order valence-corrected chi connectivity index (χ3v) is 6.20. The molecule has 0 radical (unpaired) electrons. The first kappa shape index (κ1) is 20.6. The van der Waals surface area contributed by atoms with Crippen LogP contribution in [-0.2, 0) is 24.3 Å². The van der Waals surface area contributed by atoms with Gasteiger partial charge in [0.2, 0.25) is 0 Å². The molecule has 0 N–H and O–H groups in total.